The standard InChI is InChI=1S/C29H25Cl2N5O2S/c1-3-39-21-8-9-24-19(12-21)15-32-36(24)16-25(37)33-20-13-22(30)26(23(31)14-20)29(10-11-29)28-34-27(38-35-28)18-6-4-17(2)5-7-18/h4-9,12-15H,3,10-11,16H2,1-2H3,(H,33,37). The van der Waals surface area contributed by atoms with Crippen LogP contribution in [0.2, 0.25) is 10.0 Å². The van der Waals surface area contributed by atoms with Crippen LogP contribution in [0.4, 0.5) is 5.69 Å². The van der Waals surface area contributed by atoms with Gasteiger partial charge in [-0.1, -0.05) is 53.0 Å². The maximum Gasteiger partial charge on any atom is 0.257 e. The number of anilines is 1. The van der Waals surface area contributed by atoms with E-state index in [-0.39, 0.29) is 12.5 Å². The summed E-state index contributed by atoms with van der Waals surface area (Å²) in [4.78, 5) is 18.8. The molecule has 5 aromatic rings. The van der Waals surface area contributed by atoms with E-state index in [1.807, 2.05) is 43.3 Å². The average Bonchev–Trinajstić information content (AvgIpc) is 3.35. The van der Waals surface area contributed by atoms with Crippen LogP contribution in [0.1, 0.15) is 36.7 Å². The topological polar surface area (TPSA) is 85.8 Å². The zero-order valence-electron chi connectivity index (χ0n) is 21.4. The molecule has 1 N–H and O–H groups in total. The summed E-state index contributed by atoms with van der Waals surface area (Å²) in [5, 5.41) is 13.5. The molecule has 0 saturated heterocycles. The SMILES string of the molecule is CCSc1ccc2c(cnn2CC(=O)Nc2cc(Cl)c(C3(c4noc(-c5ccc(C)cc5)n4)CC3)c(Cl)c2)c1. The first-order valence-electron chi connectivity index (χ1n) is 12.7. The predicted octanol–water partition coefficient (Wildman–Crippen LogP) is 7.53. The number of nitrogens with zero attached hydrogens (tertiary/aromatic N) is 4. The smallest absolute Gasteiger partial charge is 0.257 e. The monoisotopic (exact) mass is 577 g/mol. The molecule has 7 nitrogen and oxygen atoms in total. The molecule has 1 saturated carbocycles. The minimum absolute atomic E-state index is 0.0648. The van der Waals surface area contributed by atoms with Gasteiger partial charge in [0, 0.05) is 37.1 Å². The Labute approximate surface area is 239 Å². The lowest BCUT2D eigenvalue weighted by atomic mass is 9.94. The lowest BCUT2D eigenvalue weighted by Gasteiger charge is -2.17. The van der Waals surface area contributed by atoms with Crippen molar-refractivity contribution < 1.29 is 9.32 Å². The summed E-state index contributed by atoms with van der Waals surface area (Å²) in [6.07, 6.45) is 3.38. The third kappa shape index (κ3) is 5.04. The Kier molecular flexibility index (Phi) is 6.87. The van der Waals surface area contributed by atoms with Crippen LogP contribution in [-0.2, 0) is 16.8 Å². The van der Waals surface area contributed by atoms with E-state index >= 15 is 0 Å². The van der Waals surface area contributed by atoms with Crippen LogP contribution >= 0.6 is 35.0 Å². The molecule has 2 heterocycles. The first kappa shape index (κ1) is 25.9. The Morgan fingerprint density at radius 2 is 1.85 bits per heavy atom. The third-order valence-corrected chi connectivity index (χ3v) is 8.40. The van der Waals surface area contributed by atoms with Crippen molar-refractivity contribution in [2.45, 2.75) is 43.5 Å². The van der Waals surface area contributed by atoms with Gasteiger partial charge in [-0.25, -0.2) is 0 Å². The molecule has 0 radical (unpaired) electrons. The highest BCUT2D eigenvalue weighted by molar-refractivity contribution is 7.99. The highest BCUT2D eigenvalue weighted by Crippen LogP contribution is 2.57. The number of thioether (sulfide) groups is 1. The lowest BCUT2D eigenvalue weighted by Crippen LogP contribution is -2.20. The Bertz CT molecular complexity index is 1670. The Morgan fingerprint density at radius 1 is 1.10 bits per heavy atom. The number of halogens is 2. The van der Waals surface area contributed by atoms with Crippen LogP contribution in [0.15, 0.2) is 70.2 Å². The van der Waals surface area contributed by atoms with E-state index < -0.39 is 5.41 Å². The summed E-state index contributed by atoms with van der Waals surface area (Å²) in [6, 6.07) is 17.5. The van der Waals surface area contributed by atoms with Crippen molar-refractivity contribution in [3.8, 4) is 11.5 Å². The average molecular weight is 579 g/mol. The van der Waals surface area contributed by atoms with Gasteiger partial charge in [-0.05, 0) is 68.0 Å². The molecule has 1 amide bonds. The summed E-state index contributed by atoms with van der Waals surface area (Å²) in [7, 11) is 0. The molecule has 1 aliphatic rings. The fraction of sp³-hybridized carbons (Fsp3) is 0.241. The summed E-state index contributed by atoms with van der Waals surface area (Å²) < 4.78 is 7.26. The second-order valence-corrected chi connectivity index (χ2v) is 11.8. The largest absolute Gasteiger partial charge is 0.334 e. The van der Waals surface area contributed by atoms with Gasteiger partial charge in [-0.3, -0.25) is 9.48 Å². The number of carbonyl (C=O) groups is 1. The van der Waals surface area contributed by atoms with Crippen molar-refractivity contribution in [3.63, 3.8) is 0 Å². The maximum absolute atomic E-state index is 12.9. The quantitative estimate of drug-likeness (QED) is 0.192. The second kappa shape index (κ2) is 10.3. The molecule has 3 aromatic carbocycles. The third-order valence-electron chi connectivity index (χ3n) is 6.92. The first-order chi connectivity index (χ1) is 18.9. The zero-order valence-corrected chi connectivity index (χ0v) is 23.7. The molecule has 0 bridgehead atoms. The van der Waals surface area contributed by atoms with Gasteiger partial charge < -0.3 is 9.84 Å². The molecule has 0 aliphatic heterocycles. The van der Waals surface area contributed by atoms with Gasteiger partial charge in [0.1, 0.15) is 6.54 Å². The second-order valence-electron chi connectivity index (χ2n) is 9.69. The van der Waals surface area contributed by atoms with E-state index in [9.17, 15) is 4.79 Å². The number of benzene rings is 3. The van der Waals surface area contributed by atoms with Gasteiger partial charge in [-0.2, -0.15) is 10.1 Å². The Hall–Kier alpha value is -3.33. The minimum Gasteiger partial charge on any atom is -0.334 e. The molecule has 10 heteroatoms. The van der Waals surface area contributed by atoms with Gasteiger partial charge in [0.2, 0.25) is 5.91 Å². The van der Waals surface area contributed by atoms with Crippen LogP contribution in [0.25, 0.3) is 22.4 Å². The van der Waals surface area contributed by atoms with Gasteiger partial charge >= 0.3 is 0 Å². The first-order valence-corrected chi connectivity index (χ1v) is 14.4. The minimum atomic E-state index is -0.508. The number of aryl methyl sites for hydroxylation is 1. The van der Waals surface area contributed by atoms with Crippen LogP contribution in [-0.4, -0.2) is 31.6 Å². The van der Waals surface area contributed by atoms with Crippen molar-refractivity contribution in [3.05, 3.63) is 87.8 Å². The molecule has 0 atom stereocenters. The predicted molar refractivity (Wildman–Crippen MR) is 156 cm³/mol. The molecular formula is C29H25Cl2N5O2S. The van der Waals surface area contributed by atoms with Crippen LogP contribution in [0.5, 0.6) is 0 Å². The summed E-state index contributed by atoms with van der Waals surface area (Å²) in [6.45, 7) is 4.21. The van der Waals surface area contributed by atoms with E-state index in [0.29, 0.717) is 27.4 Å². The van der Waals surface area contributed by atoms with E-state index in [0.717, 1.165) is 46.2 Å². The molecule has 1 aliphatic carbocycles. The zero-order chi connectivity index (χ0) is 27.1. The van der Waals surface area contributed by atoms with Crippen LogP contribution in [0, 0.1) is 6.92 Å². The molecular weight excluding hydrogens is 553 g/mol. The number of carbonyl (C=O) groups excluding carboxylic acids is 1. The maximum atomic E-state index is 12.9. The summed E-state index contributed by atoms with van der Waals surface area (Å²) in [5.41, 5.74) is 3.67. The molecule has 2 aromatic heterocycles. The number of nitrogens with one attached hydrogen (secondary N) is 1. The molecule has 0 spiro atoms. The van der Waals surface area contributed by atoms with Gasteiger partial charge in [-0.15, -0.1) is 11.8 Å². The summed E-state index contributed by atoms with van der Waals surface area (Å²) >= 11 is 15.3. The number of hydrogen-bond acceptors (Lipinski definition) is 6. The van der Waals surface area contributed by atoms with Gasteiger partial charge in [0.15, 0.2) is 5.82 Å². The number of amides is 1. The van der Waals surface area contributed by atoms with Crippen LogP contribution < -0.4 is 5.32 Å². The number of fused-ring (bicyclic) bond motifs is 1. The highest BCUT2D eigenvalue weighted by atomic mass is 35.5. The molecule has 0 unspecified atom stereocenters. The number of aromatic nitrogens is 4. The lowest BCUT2D eigenvalue weighted by molar-refractivity contribution is -0.116. The fourth-order valence-corrected chi connectivity index (χ4v) is 6.38. The van der Waals surface area contributed by atoms with Crippen molar-refractivity contribution >= 4 is 57.5 Å². The van der Waals surface area contributed by atoms with Crippen molar-refractivity contribution in [1.29, 1.82) is 0 Å². The molecule has 6 rings (SSSR count). The van der Waals surface area contributed by atoms with Gasteiger partial charge in [0.05, 0.1) is 17.1 Å². The normalized spacial score (nSPS) is 14.1. The summed E-state index contributed by atoms with van der Waals surface area (Å²) in [5.74, 6) is 1.79. The van der Waals surface area contributed by atoms with E-state index in [4.69, 9.17) is 27.7 Å². The van der Waals surface area contributed by atoms with Crippen molar-refractivity contribution in [2.24, 2.45) is 0 Å². The number of rotatable bonds is 8. The highest BCUT2D eigenvalue weighted by Gasteiger charge is 2.52. The van der Waals surface area contributed by atoms with E-state index in [1.54, 1.807) is 34.8 Å². The molecule has 1 fully saturated rings. The Balaban J connectivity index is 1.20. The molecule has 198 valence electrons. The molecule has 39 heavy (non-hydrogen) atoms. The van der Waals surface area contributed by atoms with Gasteiger partial charge in [0.25, 0.3) is 5.89 Å². The fourth-order valence-electron chi connectivity index (χ4n) is 4.83. The van der Waals surface area contributed by atoms with Crippen molar-refractivity contribution in [2.75, 3.05) is 11.1 Å². The van der Waals surface area contributed by atoms with E-state index in [2.05, 4.69) is 33.5 Å². The Morgan fingerprint density at radius 3 is 2.54 bits per heavy atom. The number of hydrogen-bond donors (Lipinski definition) is 1. The van der Waals surface area contributed by atoms with Crippen LogP contribution in [0.3, 0.4) is 0 Å². The van der Waals surface area contributed by atoms with E-state index in [1.165, 1.54) is 4.90 Å². The van der Waals surface area contributed by atoms with Crippen molar-refractivity contribution in [1.82, 2.24) is 19.9 Å².